The van der Waals surface area contributed by atoms with Gasteiger partial charge < -0.3 is 15.4 Å². The molecule has 6 nitrogen and oxygen atoms in total. The Balaban J connectivity index is 1.94. The van der Waals surface area contributed by atoms with Crippen LogP contribution in [-0.4, -0.2) is 23.6 Å². The van der Waals surface area contributed by atoms with Crippen LogP contribution in [0.15, 0.2) is 36.7 Å². The summed E-state index contributed by atoms with van der Waals surface area (Å²) in [6.07, 6.45) is 1.45. The molecule has 6 heteroatoms. The monoisotopic (exact) mass is 269 g/mol. The molecule has 0 spiro atoms. The number of rotatable bonds is 6. The molecule has 0 aliphatic carbocycles. The largest absolute Gasteiger partial charge is 0.497 e. The lowest BCUT2D eigenvalue weighted by Crippen LogP contribution is -2.05. The topological polar surface area (TPSA) is 82.9 Å². The van der Waals surface area contributed by atoms with Gasteiger partial charge in [-0.1, -0.05) is 12.1 Å². The quantitative estimate of drug-likeness (QED) is 0.781. The van der Waals surface area contributed by atoms with Gasteiger partial charge in [-0.2, -0.15) is 5.26 Å². The van der Waals surface area contributed by atoms with E-state index in [0.29, 0.717) is 18.2 Å². The normalized spacial score (nSPS) is 9.60. The van der Waals surface area contributed by atoms with Gasteiger partial charge in [-0.15, -0.1) is 0 Å². The van der Waals surface area contributed by atoms with Gasteiger partial charge in [0.05, 0.1) is 13.2 Å². The summed E-state index contributed by atoms with van der Waals surface area (Å²) in [6.45, 7) is 0.869. The van der Waals surface area contributed by atoms with Crippen molar-refractivity contribution in [1.82, 2.24) is 9.97 Å². The van der Waals surface area contributed by atoms with Crippen molar-refractivity contribution in [1.29, 1.82) is 5.26 Å². The number of benzene rings is 1. The molecule has 0 aliphatic heterocycles. The summed E-state index contributed by atoms with van der Waals surface area (Å²) in [4.78, 5) is 8.15. The lowest BCUT2D eigenvalue weighted by atomic mass is 10.2. The van der Waals surface area contributed by atoms with E-state index in [1.165, 1.54) is 6.33 Å². The summed E-state index contributed by atoms with van der Waals surface area (Å²) < 4.78 is 5.11. The van der Waals surface area contributed by atoms with E-state index in [1.54, 1.807) is 13.2 Å². The maximum atomic E-state index is 8.51. The SMILES string of the molecule is COc1ccc(CNc2cc(NCC#N)ncn2)cc1. The van der Waals surface area contributed by atoms with Crippen molar-refractivity contribution in [3.8, 4) is 11.8 Å². The second-order valence-electron chi connectivity index (χ2n) is 4.00. The van der Waals surface area contributed by atoms with Gasteiger partial charge in [0.25, 0.3) is 0 Å². The number of methoxy groups -OCH3 is 1. The van der Waals surface area contributed by atoms with Gasteiger partial charge in [0.2, 0.25) is 0 Å². The van der Waals surface area contributed by atoms with Gasteiger partial charge >= 0.3 is 0 Å². The van der Waals surface area contributed by atoms with Crippen molar-refractivity contribution in [3.05, 3.63) is 42.2 Å². The molecule has 2 aromatic rings. The highest BCUT2D eigenvalue weighted by Crippen LogP contribution is 2.13. The van der Waals surface area contributed by atoms with Gasteiger partial charge in [0.1, 0.15) is 30.3 Å². The molecule has 2 N–H and O–H groups in total. The van der Waals surface area contributed by atoms with E-state index in [2.05, 4.69) is 20.6 Å². The molecular weight excluding hydrogens is 254 g/mol. The van der Waals surface area contributed by atoms with E-state index in [-0.39, 0.29) is 6.54 Å². The Bertz CT molecular complexity index is 591. The zero-order valence-electron chi connectivity index (χ0n) is 11.1. The number of hydrogen-bond donors (Lipinski definition) is 2. The average molecular weight is 269 g/mol. The van der Waals surface area contributed by atoms with Crippen LogP contribution < -0.4 is 15.4 Å². The second kappa shape index (κ2) is 6.95. The first kappa shape index (κ1) is 13.6. The van der Waals surface area contributed by atoms with Crippen molar-refractivity contribution in [2.24, 2.45) is 0 Å². The minimum Gasteiger partial charge on any atom is -0.497 e. The summed E-state index contributed by atoms with van der Waals surface area (Å²) in [7, 11) is 1.64. The number of aromatic nitrogens is 2. The molecular formula is C14H15N5O. The number of nitrogens with zero attached hydrogens (tertiary/aromatic N) is 3. The first-order chi connectivity index (χ1) is 9.81. The first-order valence-electron chi connectivity index (χ1n) is 6.11. The van der Waals surface area contributed by atoms with E-state index < -0.39 is 0 Å². The number of ether oxygens (including phenoxy) is 1. The maximum absolute atomic E-state index is 8.51. The highest BCUT2D eigenvalue weighted by Gasteiger charge is 1.99. The molecule has 0 saturated carbocycles. The number of nitriles is 1. The average Bonchev–Trinajstić information content (AvgIpc) is 2.52. The molecule has 20 heavy (non-hydrogen) atoms. The van der Waals surface area contributed by atoms with Crippen LogP contribution in [0.3, 0.4) is 0 Å². The summed E-state index contributed by atoms with van der Waals surface area (Å²) in [5, 5.41) is 14.6. The summed E-state index contributed by atoms with van der Waals surface area (Å²) >= 11 is 0. The van der Waals surface area contributed by atoms with Gasteiger partial charge in [-0.25, -0.2) is 9.97 Å². The highest BCUT2D eigenvalue weighted by molar-refractivity contribution is 5.47. The van der Waals surface area contributed by atoms with Crippen LogP contribution >= 0.6 is 0 Å². The fourth-order valence-electron chi connectivity index (χ4n) is 1.62. The van der Waals surface area contributed by atoms with Gasteiger partial charge in [0, 0.05) is 12.6 Å². The van der Waals surface area contributed by atoms with E-state index >= 15 is 0 Å². The third kappa shape index (κ3) is 3.85. The zero-order chi connectivity index (χ0) is 14.2. The Kier molecular flexibility index (Phi) is 4.73. The molecule has 1 aromatic heterocycles. The van der Waals surface area contributed by atoms with Crippen LogP contribution in [0.5, 0.6) is 5.75 Å². The van der Waals surface area contributed by atoms with Crippen LogP contribution in [0.25, 0.3) is 0 Å². The van der Waals surface area contributed by atoms with E-state index in [0.717, 1.165) is 11.3 Å². The molecule has 102 valence electrons. The van der Waals surface area contributed by atoms with Gasteiger partial charge in [-0.3, -0.25) is 0 Å². The van der Waals surface area contributed by atoms with Crippen LogP contribution in [0, 0.1) is 11.3 Å². The lowest BCUT2D eigenvalue weighted by Gasteiger charge is -2.08. The summed E-state index contributed by atoms with van der Waals surface area (Å²) in [5.74, 6) is 2.16. The van der Waals surface area contributed by atoms with E-state index in [4.69, 9.17) is 10.00 Å². The Morgan fingerprint density at radius 3 is 2.50 bits per heavy atom. The Hall–Kier alpha value is -2.81. The molecule has 0 aliphatic rings. The fourth-order valence-corrected chi connectivity index (χ4v) is 1.62. The smallest absolute Gasteiger partial charge is 0.132 e. The van der Waals surface area contributed by atoms with E-state index in [1.807, 2.05) is 30.3 Å². The minimum absolute atomic E-state index is 0.217. The molecule has 0 atom stereocenters. The van der Waals surface area contributed by atoms with Crippen molar-refractivity contribution >= 4 is 11.6 Å². The predicted molar refractivity (Wildman–Crippen MR) is 76.5 cm³/mol. The molecule has 0 fully saturated rings. The van der Waals surface area contributed by atoms with Crippen LogP contribution in [0.4, 0.5) is 11.6 Å². The standard InChI is InChI=1S/C14H15N5O/c1-20-12-4-2-11(3-5-12)9-17-14-8-13(16-7-6-15)18-10-19-14/h2-5,8,10H,7,9H2,1H3,(H2,16,17,18,19). The zero-order valence-corrected chi connectivity index (χ0v) is 11.1. The predicted octanol–water partition coefficient (Wildman–Crippen LogP) is 2.03. The number of hydrogen-bond acceptors (Lipinski definition) is 6. The summed E-state index contributed by atoms with van der Waals surface area (Å²) in [5.41, 5.74) is 1.12. The fraction of sp³-hybridized carbons (Fsp3) is 0.214. The molecule has 0 saturated heterocycles. The maximum Gasteiger partial charge on any atom is 0.132 e. The minimum atomic E-state index is 0.217. The lowest BCUT2D eigenvalue weighted by molar-refractivity contribution is 0.414. The molecule has 2 rings (SSSR count). The first-order valence-corrected chi connectivity index (χ1v) is 6.11. The Morgan fingerprint density at radius 2 is 1.85 bits per heavy atom. The highest BCUT2D eigenvalue weighted by atomic mass is 16.5. The van der Waals surface area contributed by atoms with Crippen molar-refractivity contribution in [2.45, 2.75) is 6.54 Å². The van der Waals surface area contributed by atoms with Crippen LogP contribution in [0.2, 0.25) is 0 Å². The second-order valence-corrected chi connectivity index (χ2v) is 4.00. The molecule has 0 amide bonds. The van der Waals surface area contributed by atoms with Crippen molar-refractivity contribution < 1.29 is 4.74 Å². The third-order valence-electron chi connectivity index (χ3n) is 2.65. The number of nitrogens with one attached hydrogen (secondary N) is 2. The molecule has 1 aromatic carbocycles. The molecule has 0 unspecified atom stereocenters. The van der Waals surface area contributed by atoms with Crippen molar-refractivity contribution in [2.75, 3.05) is 24.3 Å². The van der Waals surface area contributed by atoms with Crippen LogP contribution in [0.1, 0.15) is 5.56 Å². The summed E-state index contributed by atoms with van der Waals surface area (Å²) in [6, 6.07) is 11.6. The van der Waals surface area contributed by atoms with Gasteiger partial charge in [-0.05, 0) is 17.7 Å². The van der Waals surface area contributed by atoms with Crippen LogP contribution in [-0.2, 0) is 6.54 Å². The molecule has 0 bridgehead atoms. The molecule has 0 radical (unpaired) electrons. The molecule has 1 heterocycles. The number of anilines is 2. The Labute approximate surface area is 117 Å². The van der Waals surface area contributed by atoms with Gasteiger partial charge in [0.15, 0.2) is 0 Å². The van der Waals surface area contributed by atoms with E-state index in [9.17, 15) is 0 Å². The third-order valence-corrected chi connectivity index (χ3v) is 2.65. The Morgan fingerprint density at radius 1 is 1.15 bits per heavy atom. The van der Waals surface area contributed by atoms with Crippen molar-refractivity contribution in [3.63, 3.8) is 0 Å².